The highest BCUT2D eigenvalue weighted by molar-refractivity contribution is 5.96. The number of benzene rings is 1. The summed E-state index contributed by atoms with van der Waals surface area (Å²) in [7, 11) is 0. The maximum absolute atomic E-state index is 12.3. The standard InChI is InChI=1S/C21H31NO2/c1-2-9-20(23)12-5-3-4-6-13-21(24)19-11-7-10-18(16-19)17-22-14-8-15-22/h7,10-11,16H,2-6,8-9,12-15,17H2,1H3. The minimum absolute atomic E-state index is 0.252. The fraction of sp³-hybridized carbons (Fsp3) is 0.619. The molecule has 132 valence electrons. The van der Waals surface area contributed by atoms with E-state index in [0.29, 0.717) is 25.0 Å². The van der Waals surface area contributed by atoms with Crippen LogP contribution in [-0.4, -0.2) is 29.6 Å². The highest BCUT2D eigenvalue weighted by Gasteiger charge is 2.14. The zero-order valence-electron chi connectivity index (χ0n) is 15.1. The molecular weight excluding hydrogens is 298 g/mol. The van der Waals surface area contributed by atoms with Crippen molar-refractivity contribution >= 4 is 11.6 Å². The number of hydrogen-bond acceptors (Lipinski definition) is 3. The molecule has 0 amide bonds. The summed E-state index contributed by atoms with van der Waals surface area (Å²) in [6, 6.07) is 8.11. The Balaban J connectivity index is 1.63. The van der Waals surface area contributed by atoms with Crippen LogP contribution in [0, 0.1) is 0 Å². The van der Waals surface area contributed by atoms with E-state index in [-0.39, 0.29) is 5.78 Å². The normalized spacial score (nSPS) is 14.4. The predicted molar refractivity (Wildman–Crippen MR) is 98.3 cm³/mol. The molecule has 3 heteroatoms. The van der Waals surface area contributed by atoms with Crippen LogP contribution in [0.5, 0.6) is 0 Å². The molecule has 0 aromatic heterocycles. The largest absolute Gasteiger partial charge is 0.300 e. The molecule has 2 rings (SSSR count). The Morgan fingerprint density at radius 2 is 1.75 bits per heavy atom. The van der Waals surface area contributed by atoms with Gasteiger partial charge in [-0.05, 0) is 50.4 Å². The lowest BCUT2D eigenvalue weighted by molar-refractivity contribution is -0.119. The number of ketones is 2. The molecule has 1 saturated heterocycles. The van der Waals surface area contributed by atoms with Crippen LogP contribution >= 0.6 is 0 Å². The smallest absolute Gasteiger partial charge is 0.162 e. The quantitative estimate of drug-likeness (QED) is 0.409. The van der Waals surface area contributed by atoms with Crippen molar-refractivity contribution in [3.63, 3.8) is 0 Å². The number of hydrogen-bond donors (Lipinski definition) is 0. The van der Waals surface area contributed by atoms with Crippen LogP contribution in [0.3, 0.4) is 0 Å². The van der Waals surface area contributed by atoms with Crippen molar-refractivity contribution in [3.05, 3.63) is 35.4 Å². The summed E-state index contributed by atoms with van der Waals surface area (Å²) >= 11 is 0. The Hall–Kier alpha value is -1.48. The van der Waals surface area contributed by atoms with Crippen LogP contribution in [0.2, 0.25) is 0 Å². The molecular formula is C21H31NO2. The number of unbranched alkanes of at least 4 members (excludes halogenated alkanes) is 3. The van der Waals surface area contributed by atoms with E-state index in [1.54, 1.807) is 0 Å². The molecule has 1 aliphatic rings. The zero-order chi connectivity index (χ0) is 17.2. The number of nitrogens with zero attached hydrogens (tertiary/aromatic N) is 1. The lowest BCUT2D eigenvalue weighted by Crippen LogP contribution is -2.36. The van der Waals surface area contributed by atoms with Crippen LogP contribution in [0.25, 0.3) is 0 Å². The second kappa shape index (κ2) is 10.4. The molecule has 1 heterocycles. The van der Waals surface area contributed by atoms with Gasteiger partial charge in [-0.3, -0.25) is 14.5 Å². The van der Waals surface area contributed by atoms with Crippen molar-refractivity contribution in [2.75, 3.05) is 13.1 Å². The third-order valence-electron chi connectivity index (χ3n) is 4.74. The van der Waals surface area contributed by atoms with Gasteiger partial charge >= 0.3 is 0 Å². The zero-order valence-corrected chi connectivity index (χ0v) is 15.1. The van der Waals surface area contributed by atoms with E-state index in [9.17, 15) is 9.59 Å². The molecule has 0 radical (unpaired) electrons. The second-order valence-corrected chi connectivity index (χ2v) is 6.96. The predicted octanol–water partition coefficient (Wildman–Crippen LogP) is 4.78. The third kappa shape index (κ3) is 6.56. The minimum atomic E-state index is 0.252. The van der Waals surface area contributed by atoms with Gasteiger partial charge in [0, 0.05) is 31.4 Å². The Kier molecular flexibility index (Phi) is 8.17. The van der Waals surface area contributed by atoms with Gasteiger partial charge in [0.15, 0.2) is 5.78 Å². The van der Waals surface area contributed by atoms with Crippen LogP contribution in [0.1, 0.15) is 80.6 Å². The highest BCUT2D eigenvalue weighted by atomic mass is 16.1. The Morgan fingerprint density at radius 3 is 2.42 bits per heavy atom. The lowest BCUT2D eigenvalue weighted by Gasteiger charge is -2.30. The number of carbonyl (C=O) groups excluding carboxylic acids is 2. The first-order valence-corrected chi connectivity index (χ1v) is 9.55. The van der Waals surface area contributed by atoms with E-state index < -0.39 is 0 Å². The van der Waals surface area contributed by atoms with Gasteiger partial charge < -0.3 is 0 Å². The van der Waals surface area contributed by atoms with Crippen LogP contribution in [-0.2, 0) is 11.3 Å². The van der Waals surface area contributed by atoms with Gasteiger partial charge in [0.25, 0.3) is 0 Å². The van der Waals surface area contributed by atoms with Crippen molar-refractivity contribution in [2.24, 2.45) is 0 Å². The summed E-state index contributed by atoms with van der Waals surface area (Å²) in [5.74, 6) is 0.634. The molecule has 1 aromatic rings. The van der Waals surface area contributed by atoms with E-state index in [4.69, 9.17) is 0 Å². The maximum atomic E-state index is 12.3. The SMILES string of the molecule is CCCC(=O)CCCCCCC(=O)c1cccc(CN2CCC2)c1. The topological polar surface area (TPSA) is 37.4 Å². The molecule has 0 saturated carbocycles. The van der Waals surface area contributed by atoms with Gasteiger partial charge in [0.1, 0.15) is 5.78 Å². The van der Waals surface area contributed by atoms with Crippen molar-refractivity contribution in [1.29, 1.82) is 0 Å². The summed E-state index contributed by atoms with van der Waals surface area (Å²) < 4.78 is 0. The van der Waals surface area contributed by atoms with Gasteiger partial charge in [-0.2, -0.15) is 0 Å². The fourth-order valence-corrected chi connectivity index (χ4v) is 3.15. The molecule has 24 heavy (non-hydrogen) atoms. The van der Waals surface area contributed by atoms with Gasteiger partial charge in [-0.1, -0.05) is 38.0 Å². The average molecular weight is 329 g/mol. The van der Waals surface area contributed by atoms with E-state index in [2.05, 4.69) is 17.0 Å². The lowest BCUT2D eigenvalue weighted by atomic mass is 10.0. The van der Waals surface area contributed by atoms with Gasteiger partial charge in [-0.25, -0.2) is 0 Å². The molecule has 3 nitrogen and oxygen atoms in total. The molecule has 0 aliphatic carbocycles. The van der Waals surface area contributed by atoms with Crippen molar-refractivity contribution < 1.29 is 9.59 Å². The van der Waals surface area contributed by atoms with Crippen LogP contribution < -0.4 is 0 Å². The number of Topliss-reactive ketones (excluding diaryl/α,β-unsaturated/α-hetero) is 2. The molecule has 0 bridgehead atoms. The highest BCUT2D eigenvalue weighted by Crippen LogP contribution is 2.16. The first-order valence-electron chi connectivity index (χ1n) is 9.55. The summed E-state index contributed by atoms with van der Waals surface area (Å²) in [6.07, 6.45) is 8.28. The summed E-state index contributed by atoms with van der Waals surface area (Å²) in [5.41, 5.74) is 2.10. The summed E-state index contributed by atoms with van der Waals surface area (Å²) in [5, 5.41) is 0. The second-order valence-electron chi connectivity index (χ2n) is 6.96. The Morgan fingerprint density at radius 1 is 1.00 bits per heavy atom. The van der Waals surface area contributed by atoms with Crippen LogP contribution in [0.4, 0.5) is 0 Å². The molecule has 0 unspecified atom stereocenters. The molecule has 1 fully saturated rings. The number of carbonyl (C=O) groups is 2. The van der Waals surface area contributed by atoms with Crippen molar-refractivity contribution in [1.82, 2.24) is 4.90 Å². The van der Waals surface area contributed by atoms with E-state index >= 15 is 0 Å². The first kappa shape index (κ1) is 18.9. The Labute approximate surface area is 146 Å². The first-order chi connectivity index (χ1) is 11.7. The van der Waals surface area contributed by atoms with E-state index in [1.807, 2.05) is 19.1 Å². The Bertz CT molecular complexity index is 534. The summed E-state index contributed by atoms with van der Waals surface area (Å²) in [6.45, 7) is 5.37. The molecule has 1 aliphatic heterocycles. The van der Waals surface area contributed by atoms with Gasteiger partial charge in [-0.15, -0.1) is 0 Å². The van der Waals surface area contributed by atoms with Crippen molar-refractivity contribution in [3.8, 4) is 0 Å². The molecule has 0 atom stereocenters. The summed E-state index contributed by atoms with van der Waals surface area (Å²) in [4.78, 5) is 26.2. The minimum Gasteiger partial charge on any atom is -0.300 e. The van der Waals surface area contributed by atoms with E-state index in [1.165, 1.54) is 25.1 Å². The van der Waals surface area contributed by atoms with Gasteiger partial charge in [0.2, 0.25) is 0 Å². The molecule has 1 aromatic carbocycles. The monoisotopic (exact) mass is 329 g/mol. The fourth-order valence-electron chi connectivity index (χ4n) is 3.15. The number of likely N-dealkylation sites (tertiary alicyclic amines) is 1. The van der Waals surface area contributed by atoms with Crippen LogP contribution in [0.15, 0.2) is 24.3 Å². The molecule has 0 N–H and O–H groups in total. The van der Waals surface area contributed by atoms with Crippen molar-refractivity contribution in [2.45, 2.75) is 71.3 Å². The number of rotatable bonds is 12. The molecule has 0 spiro atoms. The third-order valence-corrected chi connectivity index (χ3v) is 4.74. The maximum Gasteiger partial charge on any atom is 0.162 e. The van der Waals surface area contributed by atoms with E-state index in [0.717, 1.165) is 44.2 Å². The van der Waals surface area contributed by atoms with Gasteiger partial charge in [0.05, 0.1) is 0 Å². The average Bonchev–Trinajstić information content (AvgIpc) is 2.54.